The third kappa shape index (κ3) is 3.35. The van der Waals surface area contributed by atoms with Crippen LogP contribution < -0.4 is 5.32 Å². The maximum absolute atomic E-state index is 12.3. The average molecular weight is 318 g/mol. The van der Waals surface area contributed by atoms with Crippen LogP contribution in [0.5, 0.6) is 0 Å². The Morgan fingerprint density at radius 3 is 2.95 bits per heavy atom. The van der Waals surface area contributed by atoms with E-state index in [-0.39, 0.29) is 18.6 Å². The number of hydrogen-bond donors (Lipinski definition) is 2. The number of aliphatic hydroxyl groups is 1. The average Bonchev–Trinajstić information content (AvgIpc) is 3.23. The van der Waals surface area contributed by atoms with Gasteiger partial charge in [-0.2, -0.15) is 0 Å². The molecule has 1 aromatic carbocycles. The predicted octanol–water partition coefficient (Wildman–Crippen LogP) is 2.46. The van der Waals surface area contributed by atoms with E-state index in [1.165, 1.54) is 11.3 Å². The van der Waals surface area contributed by atoms with Crippen molar-refractivity contribution in [1.82, 2.24) is 10.3 Å². The van der Waals surface area contributed by atoms with Crippen LogP contribution >= 0.6 is 11.3 Å². The van der Waals surface area contributed by atoms with Crippen LogP contribution in [0, 0.1) is 0 Å². The molecule has 22 heavy (non-hydrogen) atoms. The summed E-state index contributed by atoms with van der Waals surface area (Å²) in [4.78, 5) is 16.7. The first-order chi connectivity index (χ1) is 10.8. The molecular weight excluding hydrogens is 300 g/mol. The van der Waals surface area contributed by atoms with Gasteiger partial charge in [0.25, 0.3) is 5.91 Å². The fraction of sp³-hybridized carbons (Fsp3) is 0.375. The largest absolute Gasteiger partial charge is 0.394 e. The number of rotatable bonds is 5. The molecule has 1 aliphatic rings. The smallest absolute Gasteiger partial charge is 0.271 e. The van der Waals surface area contributed by atoms with Crippen molar-refractivity contribution < 1.29 is 14.6 Å². The van der Waals surface area contributed by atoms with Crippen LogP contribution in [-0.2, 0) is 4.74 Å². The summed E-state index contributed by atoms with van der Waals surface area (Å²) in [6, 6.07) is 8.97. The van der Waals surface area contributed by atoms with Crippen molar-refractivity contribution in [3.05, 3.63) is 52.0 Å². The molecule has 1 aromatic heterocycles. The highest BCUT2D eigenvalue weighted by Gasteiger charge is 2.23. The molecule has 2 aromatic rings. The molecular formula is C16H18N2O3S. The molecule has 2 heterocycles. The first kappa shape index (κ1) is 15.1. The Hall–Kier alpha value is -1.76. The van der Waals surface area contributed by atoms with Gasteiger partial charge in [0, 0.05) is 12.0 Å². The lowest BCUT2D eigenvalue weighted by Gasteiger charge is -2.15. The van der Waals surface area contributed by atoms with Gasteiger partial charge in [-0.25, -0.2) is 4.98 Å². The number of hydrogen-bond acceptors (Lipinski definition) is 5. The van der Waals surface area contributed by atoms with Crippen molar-refractivity contribution in [2.45, 2.75) is 25.0 Å². The number of nitrogens with zero attached hydrogens (tertiary/aromatic N) is 1. The predicted molar refractivity (Wildman–Crippen MR) is 83.8 cm³/mol. The van der Waals surface area contributed by atoms with Crippen LogP contribution in [0.25, 0.3) is 0 Å². The second kappa shape index (κ2) is 7.00. The Morgan fingerprint density at radius 2 is 2.27 bits per heavy atom. The molecule has 1 fully saturated rings. The number of carbonyl (C=O) groups is 1. The van der Waals surface area contributed by atoms with Crippen molar-refractivity contribution in [2.24, 2.45) is 0 Å². The molecule has 116 valence electrons. The Morgan fingerprint density at radius 1 is 1.45 bits per heavy atom. The summed E-state index contributed by atoms with van der Waals surface area (Å²) in [5.74, 6) is -0.275. The minimum absolute atomic E-state index is 0.0225. The summed E-state index contributed by atoms with van der Waals surface area (Å²) in [6.45, 7) is 0.602. The fourth-order valence-electron chi connectivity index (χ4n) is 2.46. The lowest BCUT2D eigenvalue weighted by molar-refractivity contribution is 0.0909. The summed E-state index contributed by atoms with van der Waals surface area (Å²) in [5, 5.41) is 14.9. The summed E-state index contributed by atoms with van der Waals surface area (Å²) in [6.07, 6.45) is 2.01. The third-order valence-electron chi connectivity index (χ3n) is 3.65. The van der Waals surface area contributed by atoms with Crippen LogP contribution in [0.1, 0.15) is 46.0 Å². The number of thiazole rings is 1. The lowest BCUT2D eigenvalue weighted by atomic mass is 10.1. The van der Waals surface area contributed by atoms with E-state index in [1.807, 2.05) is 30.3 Å². The Balaban J connectivity index is 1.68. The number of amides is 1. The molecule has 0 bridgehead atoms. The number of aromatic nitrogens is 1. The number of ether oxygens (including phenoxy) is 1. The maximum atomic E-state index is 12.3. The van der Waals surface area contributed by atoms with Crippen molar-refractivity contribution in [3.8, 4) is 0 Å². The molecule has 0 aliphatic carbocycles. The molecule has 1 saturated heterocycles. The fourth-order valence-corrected chi connectivity index (χ4v) is 3.34. The summed E-state index contributed by atoms with van der Waals surface area (Å²) in [5.41, 5.74) is 1.25. The van der Waals surface area contributed by atoms with Gasteiger partial charge in [-0.1, -0.05) is 30.3 Å². The van der Waals surface area contributed by atoms with Crippen molar-refractivity contribution in [1.29, 1.82) is 0 Å². The van der Waals surface area contributed by atoms with Gasteiger partial charge in [0.15, 0.2) is 0 Å². The number of nitrogens with one attached hydrogen (secondary N) is 1. The van der Waals surface area contributed by atoms with E-state index >= 15 is 0 Å². The normalized spacial score (nSPS) is 19.0. The third-order valence-corrected chi connectivity index (χ3v) is 4.59. The van der Waals surface area contributed by atoms with Gasteiger partial charge >= 0.3 is 0 Å². The topological polar surface area (TPSA) is 71.5 Å². The molecule has 2 N–H and O–H groups in total. The van der Waals surface area contributed by atoms with Crippen LogP contribution in [0.15, 0.2) is 35.7 Å². The molecule has 2 atom stereocenters. The SMILES string of the molecule is O=C(N[C@H](CO)c1ccccc1)c1csc([C@H]2CCCO2)n1. The van der Waals surface area contributed by atoms with Crippen molar-refractivity contribution in [2.75, 3.05) is 13.2 Å². The molecule has 0 unspecified atom stereocenters. The second-order valence-electron chi connectivity index (χ2n) is 5.19. The van der Waals surface area contributed by atoms with Crippen molar-refractivity contribution in [3.63, 3.8) is 0 Å². The zero-order valence-corrected chi connectivity index (χ0v) is 12.9. The number of benzene rings is 1. The summed E-state index contributed by atoms with van der Waals surface area (Å²) < 4.78 is 5.58. The quantitative estimate of drug-likeness (QED) is 0.888. The van der Waals surface area contributed by atoms with Crippen LogP contribution in [0.2, 0.25) is 0 Å². The van der Waals surface area contributed by atoms with Gasteiger partial charge in [0.1, 0.15) is 16.8 Å². The highest BCUT2D eigenvalue weighted by molar-refractivity contribution is 7.09. The van der Waals surface area contributed by atoms with Crippen LogP contribution in [0.4, 0.5) is 0 Å². The van der Waals surface area contributed by atoms with Gasteiger partial charge in [-0.15, -0.1) is 11.3 Å². The Bertz CT molecular complexity index is 623. The van der Waals surface area contributed by atoms with E-state index < -0.39 is 6.04 Å². The number of aliphatic hydroxyl groups excluding tert-OH is 1. The second-order valence-corrected chi connectivity index (χ2v) is 6.08. The Labute approximate surface area is 133 Å². The molecule has 1 amide bonds. The summed E-state index contributed by atoms with van der Waals surface area (Å²) in [7, 11) is 0. The number of carbonyl (C=O) groups excluding carboxylic acids is 1. The highest BCUT2D eigenvalue weighted by Crippen LogP contribution is 2.30. The van der Waals surface area contributed by atoms with Gasteiger partial charge in [-0.3, -0.25) is 4.79 Å². The zero-order valence-electron chi connectivity index (χ0n) is 12.1. The zero-order chi connectivity index (χ0) is 15.4. The van der Waals surface area contributed by atoms with E-state index in [4.69, 9.17) is 4.74 Å². The van der Waals surface area contributed by atoms with Gasteiger partial charge < -0.3 is 15.2 Å². The van der Waals surface area contributed by atoms with Gasteiger partial charge in [-0.05, 0) is 18.4 Å². The molecule has 6 heteroatoms. The highest BCUT2D eigenvalue weighted by atomic mass is 32.1. The Kier molecular flexibility index (Phi) is 4.82. The van der Waals surface area contributed by atoms with E-state index in [0.717, 1.165) is 30.0 Å². The van der Waals surface area contributed by atoms with E-state index in [2.05, 4.69) is 10.3 Å². The standard InChI is InChI=1S/C16H18N2O3S/c19-9-12(11-5-2-1-3-6-11)17-15(20)13-10-22-16(18-13)14-7-4-8-21-14/h1-3,5-6,10,12,14,19H,4,7-9H2,(H,17,20)/t12-,14-/m1/s1. The van der Waals surface area contributed by atoms with Gasteiger partial charge in [0.2, 0.25) is 0 Å². The minimum atomic E-state index is -0.429. The van der Waals surface area contributed by atoms with E-state index in [9.17, 15) is 9.90 Å². The lowest BCUT2D eigenvalue weighted by Crippen LogP contribution is -2.31. The molecule has 0 saturated carbocycles. The first-order valence-corrected chi connectivity index (χ1v) is 8.19. The van der Waals surface area contributed by atoms with E-state index in [1.54, 1.807) is 5.38 Å². The molecule has 0 radical (unpaired) electrons. The maximum Gasteiger partial charge on any atom is 0.271 e. The molecule has 5 nitrogen and oxygen atoms in total. The minimum Gasteiger partial charge on any atom is -0.394 e. The van der Waals surface area contributed by atoms with Gasteiger partial charge in [0.05, 0.1) is 12.6 Å². The summed E-state index contributed by atoms with van der Waals surface area (Å²) >= 11 is 1.45. The molecule has 1 aliphatic heterocycles. The van der Waals surface area contributed by atoms with Crippen molar-refractivity contribution >= 4 is 17.2 Å². The molecule has 3 rings (SSSR count). The van der Waals surface area contributed by atoms with Crippen LogP contribution in [-0.4, -0.2) is 29.2 Å². The first-order valence-electron chi connectivity index (χ1n) is 7.31. The van der Waals surface area contributed by atoms with Crippen LogP contribution in [0.3, 0.4) is 0 Å². The molecule has 0 spiro atoms. The monoisotopic (exact) mass is 318 g/mol. The van der Waals surface area contributed by atoms with E-state index in [0.29, 0.717) is 5.69 Å².